The molecular formula is C23H26ClN3O. The molecule has 146 valence electrons. The Morgan fingerprint density at radius 3 is 2.54 bits per heavy atom. The molecule has 0 spiro atoms. The number of hydrogen-bond acceptors (Lipinski definition) is 2. The maximum atomic E-state index is 12.9. The molecule has 0 bridgehead atoms. The molecule has 0 aliphatic rings. The Kier molecular flexibility index (Phi) is 6.20. The Bertz CT molecular complexity index is 991. The van der Waals surface area contributed by atoms with E-state index >= 15 is 0 Å². The number of nitrogens with one attached hydrogen (secondary N) is 1. The van der Waals surface area contributed by atoms with E-state index in [0.717, 1.165) is 17.7 Å². The summed E-state index contributed by atoms with van der Waals surface area (Å²) in [6, 6.07) is 15.4. The molecular weight excluding hydrogens is 370 g/mol. The number of amides is 1. The first-order valence-corrected chi connectivity index (χ1v) is 9.95. The van der Waals surface area contributed by atoms with Crippen LogP contribution in [-0.2, 0) is 0 Å². The average Bonchev–Trinajstić information content (AvgIpc) is 3.09. The van der Waals surface area contributed by atoms with Crippen LogP contribution in [0.25, 0.3) is 16.9 Å². The van der Waals surface area contributed by atoms with Gasteiger partial charge in [0.15, 0.2) is 0 Å². The molecule has 3 aromatic rings. The monoisotopic (exact) mass is 395 g/mol. The molecule has 0 radical (unpaired) electrons. The summed E-state index contributed by atoms with van der Waals surface area (Å²) >= 11 is 6.39. The lowest BCUT2D eigenvalue weighted by Crippen LogP contribution is -2.27. The van der Waals surface area contributed by atoms with Crippen molar-refractivity contribution in [2.45, 2.75) is 34.1 Å². The smallest absolute Gasteiger partial charge is 0.270 e. The summed E-state index contributed by atoms with van der Waals surface area (Å²) in [7, 11) is 0. The molecule has 1 N–H and O–H groups in total. The summed E-state index contributed by atoms with van der Waals surface area (Å²) in [6.07, 6.45) is 0.927. The van der Waals surface area contributed by atoms with Crippen molar-refractivity contribution in [2.24, 2.45) is 5.92 Å². The summed E-state index contributed by atoms with van der Waals surface area (Å²) in [6.45, 7) is 9.05. The lowest BCUT2D eigenvalue weighted by molar-refractivity contribution is 0.0944. The van der Waals surface area contributed by atoms with Crippen LogP contribution in [0.2, 0.25) is 5.02 Å². The minimum atomic E-state index is -0.150. The Hall–Kier alpha value is -2.59. The Labute approximate surface area is 171 Å². The van der Waals surface area contributed by atoms with E-state index < -0.39 is 0 Å². The molecule has 0 aliphatic carbocycles. The first-order valence-electron chi connectivity index (χ1n) is 9.57. The molecule has 0 saturated heterocycles. The van der Waals surface area contributed by atoms with Gasteiger partial charge in [-0.15, -0.1) is 0 Å². The van der Waals surface area contributed by atoms with E-state index in [2.05, 4.69) is 45.1 Å². The fourth-order valence-electron chi connectivity index (χ4n) is 2.96. The van der Waals surface area contributed by atoms with Crippen LogP contribution in [0.5, 0.6) is 0 Å². The van der Waals surface area contributed by atoms with E-state index in [1.807, 2.05) is 30.3 Å². The summed E-state index contributed by atoms with van der Waals surface area (Å²) in [4.78, 5) is 12.9. The van der Waals surface area contributed by atoms with Crippen LogP contribution in [0.3, 0.4) is 0 Å². The van der Waals surface area contributed by atoms with Crippen LogP contribution in [0, 0.1) is 19.8 Å². The molecule has 28 heavy (non-hydrogen) atoms. The highest BCUT2D eigenvalue weighted by Gasteiger charge is 2.19. The second kappa shape index (κ2) is 8.61. The van der Waals surface area contributed by atoms with Gasteiger partial charge in [-0.2, -0.15) is 5.10 Å². The number of halogens is 1. The van der Waals surface area contributed by atoms with Gasteiger partial charge in [0, 0.05) is 12.1 Å². The van der Waals surface area contributed by atoms with Crippen LogP contribution in [0.4, 0.5) is 0 Å². The number of hydrogen-bond donors (Lipinski definition) is 1. The Morgan fingerprint density at radius 1 is 1.11 bits per heavy atom. The Balaban J connectivity index is 2.03. The van der Waals surface area contributed by atoms with Crippen LogP contribution in [0.1, 0.15) is 41.9 Å². The van der Waals surface area contributed by atoms with Crippen molar-refractivity contribution in [3.63, 3.8) is 0 Å². The van der Waals surface area contributed by atoms with Gasteiger partial charge in [0.05, 0.1) is 16.4 Å². The number of benzene rings is 2. The highest BCUT2D eigenvalue weighted by atomic mass is 35.5. The van der Waals surface area contributed by atoms with Gasteiger partial charge >= 0.3 is 0 Å². The van der Waals surface area contributed by atoms with E-state index in [0.29, 0.717) is 28.9 Å². The summed E-state index contributed by atoms with van der Waals surface area (Å²) in [5.74, 6) is 0.378. The third kappa shape index (κ3) is 4.45. The van der Waals surface area contributed by atoms with Gasteiger partial charge in [0.2, 0.25) is 0 Å². The lowest BCUT2D eigenvalue weighted by Gasteiger charge is -2.10. The molecule has 0 saturated carbocycles. The molecule has 0 aliphatic heterocycles. The zero-order valence-electron chi connectivity index (χ0n) is 16.8. The average molecular weight is 396 g/mol. The van der Waals surface area contributed by atoms with Crippen LogP contribution < -0.4 is 5.32 Å². The third-order valence-electron chi connectivity index (χ3n) is 4.83. The first kappa shape index (κ1) is 20.2. The second-order valence-electron chi connectivity index (χ2n) is 7.52. The predicted molar refractivity (Wildman–Crippen MR) is 115 cm³/mol. The predicted octanol–water partition coefficient (Wildman–Crippen LogP) is 5.59. The minimum absolute atomic E-state index is 0.150. The maximum absolute atomic E-state index is 12.9. The van der Waals surface area contributed by atoms with E-state index in [4.69, 9.17) is 16.7 Å². The van der Waals surface area contributed by atoms with Gasteiger partial charge in [0.25, 0.3) is 5.91 Å². The van der Waals surface area contributed by atoms with Crippen LogP contribution in [0.15, 0.2) is 48.5 Å². The van der Waals surface area contributed by atoms with E-state index in [-0.39, 0.29) is 5.91 Å². The largest absolute Gasteiger partial charge is 0.351 e. The molecule has 0 fully saturated rings. The Morgan fingerprint density at radius 2 is 1.86 bits per heavy atom. The van der Waals surface area contributed by atoms with Crippen molar-refractivity contribution in [3.05, 3.63) is 70.4 Å². The molecule has 2 aromatic carbocycles. The normalized spacial score (nSPS) is 11.1. The molecule has 3 rings (SSSR count). The van der Waals surface area contributed by atoms with Crippen molar-refractivity contribution in [1.29, 1.82) is 0 Å². The quantitative estimate of drug-likeness (QED) is 0.591. The number of carbonyl (C=O) groups is 1. The topological polar surface area (TPSA) is 46.9 Å². The standard InChI is InChI=1S/C23H26ClN3O/c1-15(2)11-12-25-23(28)22-14-20(18-10-9-16(3)17(4)13-18)26-27(22)21-8-6-5-7-19(21)24/h5-10,13-15H,11-12H2,1-4H3,(H,25,28). The highest BCUT2D eigenvalue weighted by Crippen LogP contribution is 2.26. The van der Waals surface area contributed by atoms with Crippen LogP contribution >= 0.6 is 11.6 Å². The first-order chi connectivity index (χ1) is 13.4. The summed E-state index contributed by atoms with van der Waals surface area (Å²) in [5.41, 5.74) is 5.30. The second-order valence-corrected chi connectivity index (χ2v) is 7.92. The van der Waals surface area contributed by atoms with Gasteiger partial charge in [0.1, 0.15) is 5.69 Å². The lowest BCUT2D eigenvalue weighted by atomic mass is 10.0. The number of aromatic nitrogens is 2. The SMILES string of the molecule is Cc1ccc(-c2cc(C(=O)NCCC(C)C)n(-c3ccccc3Cl)n2)cc1C. The van der Waals surface area contributed by atoms with E-state index in [1.165, 1.54) is 11.1 Å². The molecule has 1 amide bonds. The van der Waals surface area contributed by atoms with Gasteiger partial charge in [-0.25, -0.2) is 4.68 Å². The number of rotatable bonds is 6. The molecule has 0 atom stereocenters. The van der Waals surface area contributed by atoms with Gasteiger partial charge in [-0.05, 0) is 61.6 Å². The summed E-state index contributed by atoms with van der Waals surface area (Å²) < 4.78 is 1.64. The van der Waals surface area contributed by atoms with Gasteiger partial charge in [-0.1, -0.05) is 49.7 Å². The fraction of sp³-hybridized carbons (Fsp3) is 0.304. The van der Waals surface area contributed by atoms with Crippen molar-refractivity contribution in [2.75, 3.05) is 6.54 Å². The number of carbonyl (C=O) groups excluding carboxylic acids is 1. The molecule has 0 unspecified atom stereocenters. The molecule has 1 heterocycles. The number of aryl methyl sites for hydroxylation is 2. The van der Waals surface area contributed by atoms with E-state index in [9.17, 15) is 4.79 Å². The molecule has 1 aromatic heterocycles. The minimum Gasteiger partial charge on any atom is -0.351 e. The zero-order valence-corrected chi connectivity index (χ0v) is 17.5. The van der Waals surface area contributed by atoms with Crippen molar-refractivity contribution in [1.82, 2.24) is 15.1 Å². The third-order valence-corrected chi connectivity index (χ3v) is 5.15. The van der Waals surface area contributed by atoms with Crippen molar-refractivity contribution < 1.29 is 4.79 Å². The van der Waals surface area contributed by atoms with Crippen LogP contribution in [-0.4, -0.2) is 22.2 Å². The van der Waals surface area contributed by atoms with Gasteiger partial charge < -0.3 is 5.32 Å². The number of para-hydroxylation sites is 1. The maximum Gasteiger partial charge on any atom is 0.270 e. The van der Waals surface area contributed by atoms with Gasteiger partial charge in [-0.3, -0.25) is 4.79 Å². The highest BCUT2D eigenvalue weighted by molar-refractivity contribution is 6.32. The number of nitrogens with zero attached hydrogens (tertiary/aromatic N) is 2. The van der Waals surface area contributed by atoms with Crippen molar-refractivity contribution >= 4 is 17.5 Å². The van der Waals surface area contributed by atoms with E-state index in [1.54, 1.807) is 10.7 Å². The molecule has 5 heteroatoms. The summed E-state index contributed by atoms with van der Waals surface area (Å²) in [5, 5.41) is 8.27. The fourth-order valence-corrected chi connectivity index (χ4v) is 3.17. The van der Waals surface area contributed by atoms with Crippen molar-refractivity contribution in [3.8, 4) is 16.9 Å². The zero-order chi connectivity index (χ0) is 20.3. The molecule has 4 nitrogen and oxygen atoms in total.